The number of nitrogens with zero attached hydrogens (tertiary/aromatic N) is 3. The molecule has 1 N–H and O–H groups in total. The van der Waals surface area contributed by atoms with Crippen LogP contribution >= 0.6 is 0 Å². The Kier molecular flexibility index (Phi) is 5.71. The quantitative estimate of drug-likeness (QED) is 0.829. The summed E-state index contributed by atoms with van der Waals surface area (Å²) in [6.45, 7) is 12.3. The number of anilines is 1. The predicted molar refractivity (Wildman–Crippen MR) is 105 cm³/mol. The van der Waals surface area contributed by atoms with Crippen LogP contribution in [0.1, 0.15) is 58.7 Å². The van der Waals surface area contributed by atoms with Gasteiger partial charge in [0.15, 0.2) is 0 Å². The Morgan fingerprint density at radius 2 is 2.04 bits per heavy atom. The number of nitrogens with one attached hydrogen (secondary N) is 1. The number of fused-ring (bicyclic) bond motifs is 1. The van der Waals surface area contributed by atoms with Crippen molar-refractivity contribution in [3.63, 3.8) is 0 Å². The van der Waals surface area contributed by atoms with Crippen LogP contribution in [0.3, 0.4) is 0 Å². The molecule has 1 amide bonds. The van der Waals surface area contributed by atoms with Gasteiger partial charge in [-0.05, 0) is 38.5 Å². The fourth-order valence-corrected chi connectivity index (χ4v) is 3.37. The largest absolute Gasteiger partial charge is 0.381 e. The summed E-state index contributed by atoms with van der Waals surface area (Å²) >= 11 is 0. The number of aromatic nitrogens is 2. The molecule has 1 aromatic rings. The van der Waals surface area contributed by atoms with E-state index in [1.54, 1.807) is 4.90 Å². The fourth-order valence-electron chi connectivity index (χ4n) is 3.37. The molecule has 1 aromatic heterocycles. The van der Waals surface area contributed by atoms with Crippen LogP contribution in [0.2, 0.25) is 0 Å². The zero-order valence-electron chi connectivity index (χ0n) is 17.0. The molecule has 3 rings (SSSR count). The van der Waals surface area contributed by atoms with Crippen molar-refractivity contribution >= 4 is 11.9 Å². The summed E-state index contributed by atoms with van der Waals surface area (Å²) in [6, 6.07) is 0.340. The average Bonchev–Trinajstić information content (AvgIpc) is 2.90. The highest BCUT2D eigenvalue weighted by Gasteiger charge is 2.41. The Hall–Kier alpha value is -2.13. The maximum Gasteiger partial charge on any atom is 0.299 e. The zero-order valence-corrected chi connectivity index (χ0v) is 17.0. The van der Waals surface area contributed by atoms with Crippen molar-refractivity contribution in [3.05, 3.63) is 17.5 Å². The standard InChI is InChI=1S/C21H30N4O2/c1-14(2)15(3)6-7-19(26)25-13-18-17(21(25,4)5)12-22-20(24-18)23-16-8-10-27-11-9-16/h12,14-16H,8-11,13H2,1-5H3,(H,22,23,24)/t15-/m0/s1. The second-order valence-corrected chi connectivity index (χ2v) is 8.34. The summed E-state index contributed by atoms with van der Waals surface area (Å²) in [5, 5.41) is 3.40. The molecule has 3 heterocycles. The fraction of sp³-hybridized carbons (Fsp3) is 0.667. The van der Waals surface area contributed by atoms with Gasteiger partial charge in [-0.1, -0.05) is 26.7 Å². The lowest BCUT2D eigenvalue weighted by molar-refractivity contribution is -0.130. The minimum absolute atomic E-state index is 0.149. The highest BCUT2D eigenvalue weighted by atomic mass is 16.5. The van der Waals surface area contributed by atoms with Crippen LogP contribution in [-0.2, 0) is 21.6 Å². The number of amides is 1. The van der Waals surface area contributed by atoms with Gasteiger partial charge in [0.1, 0.15) is 0 Å². The molecule has 1 saturated heterocycles. The molecule has 0 unspecified atom stereocenters. The van der Waals surface area contributed by atoms with Crippen LogP contribution in [-0.4, -0.2) is 40.0 Å². The van der Waals surface area contributed by atoms with E-state index in [9.17, 15) is 4.79 Å². The lowest BCUT2D eigenvalue weighted by atomic mass is 9.97. The first-order valence-corrected chi connectivity index (χ1v) is 9.83. The van der Waals surface area contributed by atoms with Gasteiger partial charge in [-0.25, -0.2) is 9.97 Å². The molecule has 0 spiro atoms. The third-order valence-corrected chi connectivity index (χ3v) is 5.72. The molecule has 0 aliphatic carbocycles. The number of hydrogen-bond donors (Lipinski definition) is 1. The van der Waals surface area contributed by atoms with Gasteiger partial charge in [-0.2, -0.15) is 0 Å². The second kappa shape index (κ2) is 7.85. The number of carbonyl (C=O) groups is 1. The van der Waals surface area contributed by atoms with Gasteiger partial charge in [-0.15, -0.1) is 0 Å². The SMILES string of the molecule is CC(C)[C@@H](C)C#CC(=O)N1Cc2nc(NC3CCOCC3)ncc2C1(C)C. The summed E-state index contributed by atoms with van der Waals surface area (Å²) in [7, 11) is 0. The Morgan fingerprint density at radius 3 is 2.70 bits per heavy atom. The lowest BCUT2D eigenvalue weighted by Gasteiger charge is -2.30. The third kappa shape index (κ3) is 4.24. The van der Waals surface area contributed by atoms with E-state index in [0.717, 1.165) is 37.3 Å². The summed E-state index contributed by atoms with van der Waals surface area (Å²) < 4.78 is 5.40. The van der Waals surface area contributed by atoms with Gasteiger partial charge >= 0.3 is 0 Å². The van der Waals surface area contributed by atoms with Crippen molar-refractivity contribution in [3.8, 4) is 11.8 Å². The van der Waals surface area contributed by atoms with E-state index in [1.165, 1.54) is 0 Å². The molecule has 6 heteroatoms. The van der Waals surface area contributed by atoms with Gasteiger partial charge in [0.25, 0.3) is 5.91 Å². The molecule has 6 nitrogen and oxygen atoms in total. The molecular formula is C21H30N4O2. The number of hydrogen-bond acceptors (Lipinski definition) is 5. The molecule has 2 aliphatic heterocycles. The summed E-state index contributed by atoms with van der Waals surface area (Å²) in [5.41, 5.74) is 1.43. The molecule has 0 saturated carbocycles. The van der Waals surface area contributed by atoms with Gasteiger partial charge in [0.2, 0.25) is 5.95 Å². The van der Waals surface area contributed by atoms with E-state index in [1.807, 2.05) is 20.0 Å². The van der Waals surface area contributed by atoms with Crippen LogP contribution in [0.4, 0.5) is 5.95 Å². The first-order valence-electron chi connectivity index (χ1n) is 9.83. The van der Waals surface area contributed by atoms with Crippen molar-refractivity contribution < 1.29 is 9.53 Å². The van der Waals surface area contributed by atoms with Crippen molar-refractivity contribution in [2.75, 3.05) is 18.5 Å². The smallest absolute Gasteiger partial charge is 0.299 e. The van der Waals surface area contributed by atoms with Crippen molar-refractivity contribution in [2.24, 2.45) is 11.8 Å². The number of ether oxygens (including phenoxy) is 1. The second-order valence-electron chi connectivity index (χ2n) is 8.34. The molecular weight excluding hydrogens is 340 g/mol. The van der Waals surface area contributed by atoms with Gasteiger partial charge in [-0.3, -0.25) is 4.79 Å². The van der Waals surface area contributed by atoms with E-state index >= 15 is 0 Å². The van der Waals surface area contributed by atoms with Gasteiger partial charge in [0.05, 0.1) is 17.8 Å². The monoisotopic (exact) mass is 370 g/mol. The van der Waals surface area contributed by atoms with E-state index in [-0.39, 0.29) is 11.8 Å². The van der Waals surface area contributed by atoms with E-state index in [2.05, 4.69) is 42.9 Å². The summed E-state index contributed by atoms with van der Waals surface area (Å²) in [4.78, 5) is 23.7. The molecule has 2 aliphatic rings. The van der Waals surface area contributed by atoms with E-state index < -0.39 is 5.54 Å². The first kappa shape index (κ1) is 19.6. The Morgan fingerprint density at radius 1 is 1.33 bits per heavy atom. The summed E-state index contributed by atoms with van der Waals surface area (Å²) in [5.74, 6) is 7.03. The van der Waals surface area contributed by atoms with Crippen molar-refractivity contribution in [1.29, 1.82) is 0 Å². The zero-order chi connectivity index (χ0) is 19.6. The van der Waals surface area contributed by atoms with Crippen molar-refractivity contribution in [2.45, 2.75) is 65.6 Å². The van der Waals surface area contributed by atoms with Crippen LogP contribution < -0.4 is 5.32 Å². The Labute approximate surface area is 162 Å². The van der Waals surface area contributed by atoms with Crippen LogP contribution in [0.25, 0.3) is 0 Å². The number of rotatable bonds is 3. The van der Waals surface area contributed by atoms with Gasteiger partial charge in [0, 0.05) is 36.9 Å². The molecule has 1 fully saturated rings. The normalized spacial score (nSPS) is 20.0. The minimum Gasteiger partial charge on any atom is -0.381 e. The molecule has 0 aromatic carbocycles. The molecule has 27 heavy (non-hydrogen) atoms. The van der Waals surface area contributed by atoms with E-state index in [0.29, 0.717) is 24.5 Å². The third-order valence-electron chi connectivity index (χ3n) is 5.72. The Balaban J connectivity index is 1.75. The van der Waals surface area contributed by atoms with Crippen molar-refractivity contribution in [1.82, 2.24) is 14.9 Å². The average molecular weight is 370 g/mol. The number of carbonyl (C=O) groups excluding carboxylic acids is 1. The molecule has 0 bridgehead atoms. The molecule has 1 atom stereocenters. The predicted octanol–water partition coefficient (Wildman–Crippen LogP) is 2.94. The van der Waals surface area contributed by atoms with E-state index in [4.69, 9.17) is 9.72 Å². The lowest BCUT2D eigenvalue weighted by Crippen LogP contribution is -2.39. The maximum absolute atomic E-state index is 12.7. The van der Waals surface area contributed by atoms with Crippen LogP contribution in [0.5, 0.6) is 0 Å². The highest BCUT2D eigenvalue weighted by Crippen LogP contribution is 2.37. The first-order chi connectivity index (χ1) is 12.8. The summed E-state index contributed by atoms with van der Waals surface area (Å²) in [6.07, 6.45) is 3.77. The highest BCUT2D eigenvalue weighted by molar-refractivity contribution is 5.94. The minimum atomic E-state index is -0.459. The topological polar surface area (TPSA) is 67.4 Å². The molecule has 146 valence electrons. The van der Waals surface area contributed by atoms with Crippen LogP contribution in [0, 0.1) is 23.7 Å². The van der Waals surface area contributed by atoms with Crippen LogP contribution in [0.15, 0.2) is 6.20 Å². The maximum atomic E-state index is 12.7. The molecule has 0 radical (unpaired) electrons. The Bertz CT molecular complexity index is 757. The van der Waals surface area contributed by atoms with Gasteiger partial charge < -0.3 is 15.0 Å².